The number of nitrogens with zero attached hydrogens (tertiary/aromatic N) is 1. The van der Waals surface area contributed by atoms with Crippen LogP contribution in [0.5, 0.6) is 5.75 Å². The zero-order chi connectivity index (χ0) is 17.9. The molecule has 0 fully saturated rings. The fourth-order valence-corrected chi connectivity index (χ4v) is 3.23. The summed E-state index contributed by atoms with van der Waals surface area (Å²) in [4.78, 5) is 12.1. The van der Waals surface area contributed by atoms with Gasteiger partial charge in [0.2, 0.25) is 0 Å². The van der Waals surface area contributed by atoms with Gasteiger partial charge in [0.15, 0.2) is 0 Å². The number of carbonyl (C=O) groups excluding carboxylic acids is 1. The highest BCUT2D eigenvalue weighted by molar-refractivity contribution is 9.11. The molecule has 4 nitrogen and oxygen atoms in total. The van der Waals surface area contributed by atoms with Gasteiger partial charge in [0.05, 0.1) is 15.2 Å². The molecule has 2 N–H and O–H groups in total. The lowest BCUT2D eigenvalue weighted by molar-refractivity contribution is 0.0955. The highest BCUT2D eigenvalue weighted by atomic mass is 79.9. The largest absolute Gasteiger partial charge is 0.506 e. The molecule has 0 atom stereocenters. The molecule has 0 unspecified atom stereocenters. The maximum absolute atomic E-state index is 12.1. The molecule has 0 radical (unpaired) electrons. The topological polar surface area (TPSA) is 61.7 Å². The molecule has 0 saturated carbocycles. The number of hydrazone groups is 1. The summed E-state index contributed by atoms with van der Waals surface area (Å²) < 4.78 is 1.09. The molecular formula is C18H18Br2N2O2. The van der Waals surface area contributed by atoms with Crippen LogP contribution in [0.2, 0.25) is 0 Å². The molecule has 126 valence electrons. The standard InChI is InChI=1S/C18H18Br2N2O2/c1-18(2,3)13-6-4-12(5-7-13)17(24)22-21-10-11-8-14(19)16(23)15(20)9-11/h4-10,23H,1-3H3,(H,22,24). The third-order valence-electron chi connectivity index (χ3n) is 3.43. The van der Waals surface area contributed by atoms with Gasteiger partial charge in [-0.05, 0) is 72.7 Å². The third kappa shape index (κ3) is 4.68. The zero-order valence-corrected chi connectivity index (χ0v) is 16.8. The lowest BCUT2D eigenvalue weighted by atomic mass is 9.87. The monoisotopic (exact) mass is 452 g/mol. The van der Waals surface area contributed by atoms with E-state index in [4.69, 9.17) is 0 Å². The first-order valence-corrected chi connectivity index (χ1v) is 8.89. The van der Waals surface area contributed by atoms with Gasteiger partial charge in [-0.25, -0.2) is 5.43 Å². The minimum atomic E-state index is -0.274. The van der Waals surface area contributed by atoms with Crippen molar-refractivity contribution in [1.29, 1.82) is 0 Å². The fourth-order valence-electron chi connectivity index (χ4n) is 2.01. The van der Waals surface area contributed by atoms with E-state index < -0.39 is 0 Å². The first-order valence-electron chi connectivity index (χ1n) is 7.30. The Morgan fingerprint density at radius 2 is 1.67 bits per heavy atom. The van der Waals surface area contributed by atoms with Crippen LogP contribution in [0.4, 0.5) is 0 Å². The second-order valence-electron chi connectivity index (χ2n) is 6.36. The van der Waals surface area contributed by atoms with E-state index in [1.807, 2.05) is 12.1 Å². The molecule has 0 saturated heterocycles. The lowest BCUT2D eigenvalue weighted by Crippen LogP contribution is -2.18. The predicted molar refractivity (Wildman–Crippen MR) is 104 cm³/mol. The molecule has 0 bridgehead atoms. The van der Waals surface area contributed by atoms with Crippen LogP contribution in [-0.4, -0.2) is 17.2 Å². The summed E-state index contributed by atoms with van der Waals surface area (Å²) in [6.07, 6.45) is 1.51. The number of hydrogen-bond acceptors (Lipinski definition) is 3. The number of aromatic hydroxyl groups is 1. The van der Waals surface area contributed by atoms with E-state index >= 15 is 0 Å². The van der Waals surface area contributed by atoms with Gasteiger partial charge in [0.25, 0.3) is 5.91 Å². The van der Waals surface area contributed by atoms with Crippen LogP contribution >= 0.6 is 31.9 Å². The Kier molecular flexibility index (Phi) is 5.83. The lowest BCUT2D eigenvalue weighted by Gasteiger charge is -2.18. The smallest absolute Gasteiger partial charge is 0.271 e. The number of carbonyl (C=O) groups is 1. The Morgan fingerprint density at radius 1 is 1.12 bits per heavy atom. The van der Waals surface area contributed by atoms with Crippen molar-refractivity contribution in [2.45, 2.75) is 26.2 Å². The SMILES string of the molecule is CC(C)(C)c1ccc(C(=O)NN=Cc2cc(Br)c(O)c(Br)c2)cc1. The van der Waals surface area contributed by atoms with E-state index in [1.165, 1.54) is 11.8 Å². The first-order chi connectivity index (χ1) is 11.2. The van der Waals surface area contributed by atoms with Gasteiger partial charge in [-0.3, -0.25) is 4.79 Å². The second kappa shape index (κ2) is 7.49. The van der Waals surface area contributed by atoms with Crippen molar-refractivity contribution < 1.29 is 9.90 Å². The van der Waals surface area contributed by atoms with Gasteiger partial charge in [-0.15, -0.1) is 0 Å². The minimum Gasteiger partial charge on any atom is -0.506 e. The summed E-state index contributed by atoms with van der Waals surface area (Å²) in [6, 6.07) is 10.9. The Balaban J connectivity index is 2.05. The number of rotatable bonds is 3. The number of amides is 1. The quantitative estimate of drug-likeness (QED) is 0.508. The van der Waals surface area contributed by atoms with Crippen LogP contribution in [0.3, 0.4) is 0 Å². The number of phenolic OH excluding ortho intramolecular Hbond substituents is 1. The van der Waals surface area contributed by atoms with Crippen LogP contribution in [0.15, 0.2) is 50.4 Å². The van der Waals surface area contributed by atoms with Crippen molar-refractivity contribution in [3.63, 3.8) is 0 Å². The molecule has 24 heavy (non-hydrogen) atoms. The normalized spacial score (nSPS) is 11.7. The summed E-state index contributed by atoms with van der Waals surface area (Å²) in [5.41, 5.74) is 4.99. The average molecular weight is 454 g/mol. The Labute approximate surface area is 158 Å². The summed E-state index contributed by atoms with van der Waals surface area (Å²) in [7, 11) is 0. The van der Waals surface area contributed by atoms with Crippen LogP contribution < -0.4 is 5.43 Å². The summed E-state index contributed by atoms with van der Waals surface area (Å²) in [5, 5.41) is 13.6. The zero-order valence-electron chi connectivity index (χ0n) is 13.6. The highest BCUT2D eigenvalue weighted by Gasteiger charge is 2.14. The number of hydrogen-bond donors (Lipinski definition) is 2. The van der Waals surface area contributed by atoms with Gasteiger partial charge in [-0.2, -0.15) is 5.10 Å². The fraction of sp³-hybridized carbons (Fsp3) is 0.222. The van der Waals surface area contributed by atoms with E-state index in [2.05, 4.69) is 63.2 Å². The molecule has 2 aromatic rings. The number of phenols is 1. The predicted octanol–water partition coefficient (Wildman–Crippen LogP) is 4.98. The molecule has 0 aromatic heterocycles. The minimum absolute atomic E-state index is 0.0484. The molecule has 2 rings (SSSR count). The van der Waals surface area contributed by atoms with Crippen molar-refractivity contribution in [2.75, 3.05) is 0 Å². The Bertz CT molecular complexity index is 756. The average Bonchev–Trinajstić information content (AvgIpc) is 2.51. The Hall–Kier alpha value is -1.66. The number of nitrogens with one attached hydrogen (secondary N) is 1. The molecule has 0 aliphatic carbocycles. The van der Waals surface area contributed by atoms with Gasteiger partial charge in [0, 0.05) is 5.56 Å². The molecule has 0 spiro atoms. The highest BCUT2D eigenvalue weighted by Crippen LogP contribution is 2.32. The van der Waals surface area contributed by atoms with Crippen molar-refractivity contribution >= 4 is 44.0 Å². The van der Waals surface area contributed by atoms with Gasteiger partial charge >= 0.3 is 0 Å². The summed E-state index contributed by atoms with van der Waals surface area (Å²) in [5.74, 6) is -0.154. The van der Waals surface area contributed by atoms with E-state index in [-0.39, 0.29) is 17.1 Å². The van der Waals surface area contributed by atoms with Crippen molar-refractivity contribution in [3.8, 4) is 5.75 Å². The van der Waals surface area contributed by atoms with Gasteiger partial charge in [0.1, 0.15) is 5.75 Å². The number of halogens is 2. The van der Waals surface area contributed by atoms with Crippen molar-refractivity contribution in [2.24, 2.45) is 5.10 Å². The summed E-state index contributed by atoms with van der Waals surface area (Å²) in [6.45, 7) is 6.38. The maximum atomic E-state index is 12.1. The molecule has 1 amide bonds. The molecule has 0 heterocycles. The van der Waals surface area contributed by atoms with Crippen LogP contribution in [0, 0.1) is 0 Å². The first kappa shape index (κ1) is 18.7. The van der Waals surface area contributed by atoms with E-state index in [9.17, 15) is 9.90 Å². The van der Waals surface area contributed by atoms with Gasteiger partial charge in [-0.1, -0.05) is 32.9 Å². The molecular weight excluding hydrogens is 436 g/mol. The maximum Gasteiger partial charge on any atom is 0.271 e. The van der Waals surface area contributed by atoms with Crippen LogP contribution in [-0.2, 0) is 5.41 Å². The Morgan fingerprint density at radius 3 is 2.17 bits per heavy atom. The second-order valence-corrected chi connectivity index (χ2v) is 8.07. The van der Waals surface area contributed by atoms with Crippen molar-refractivity contribution in [3.05, 3.63) is 62.0 Å². The van der Waals surface area contributed by atoms with Crippen molar-refractivity contribution in [1.82, 2.24) is 5.43 Å². The van der Waals surface area contributed by atoms with E-state index in [0.29, 0.717) is 14.5 Å². The third-order valence-corrected chi connectivity index (χ3v) is 4.64. The van der Waals surface area contributed by atoms with Gasteiger partial charge < -0.3 is 5.11 Å². The molecule has 0 aliphatic heterocycles. The van der Waals surface area contributed by atoms with E-state index in [0.717, 1.165) is 5.56 Å². The molecule has 2 aromatic carbocycles. The molecule has 0 aliphatic rings. The molecule has 6 heteroatoms. The number of benzene rings is 2. The van der Waals surface area contributed by atoms with Crippen LogP contribution in [0.25, 0.3) is 0 Å². The summed E-state index contributed by atoms with van der Waals surface area (Å²) >= 11 is 6.50. The van der Waals surface area contributed by atoms with Crippen LogP contribution in [0.1, 0.15) is 42.3 Å². The van der Waals surface area contributed by atoms with E-state index in [1.54, 1.807) is 24.3 Å².